The van der Waals surface area contributed by atoms with Crippen LogP contribution in [-0.2, 0) is 6.54 Å². The molecule has 5 nitrogen and oxygen atoms in total. The number of piperidine rings is 1. The van der Waals surface area contributed by atoms with E-state index in [2.05, 4.69) is 41.5 Å². The summed E-state index contributed by atoms with van der Waals surface area (Å²) >= 11 is 0. The van der Waals surface area contributed by atoms with Crippen LogP contribution < -0.4 is 4.74 Å². The molecule has 0 saturated carbocycles. The van der Waals surface area contributed by atoms with E-state index in [4.69, 9.17) is 14.9 Å². The van der Waals surface area contributed by atoms with Crippen LogP contribution in [0.15, 0.2) is 65.9 Å². The highest BCUT2D eigenvalue weighted by atomic mass is 16.5. The lowest BCUT2D eigenvalue weighted by atomic mass is 10.1. The lowest BCUT2D eigenvalue weighted by Gasteiger charge is -2.23. The maximum absolute atomic E-state index is 5.40. The summed E-state index contributed by atoms with van der Waals surface area (Å²) in [6, 6.07) is 18.4. The predicted octanol–water partition coefficient (Wildman–Crippen LogP) is 4.43. The summed E-state index contributed by atoms with van der Waals surface area (Å²) in [4.78, 5) is 0. The summed E-state index contributed by atoms with van der Waals surface area (Å²) in [6.07, 6.45) is 7.76. The number of benzene rings is 2. The zero-order chi connectivity index (χ0) is 19.2. The van der Waals surface area contributed by atoms with Crippen molar-refractivity contribution in [1.82, 2.24) is 14.8 Å². The number of rotatable bonds is 6. The molecule has 2 heterocycles. The molecule has 4 rings (SSSR count). The normalized spacial score (nSPS) is 14.5. The molecule has 28 heavy (non-hydrogen) atoms. The molecule has 144 valence electrons. The van der Waals surface area contributed by atoms with E-state index in [0.717, 1.165) is 42.2 Å². The molecular weight excluding hydrogens is 348 g/mol. The summed E-state index contributed by atoms with van der Waals surface area (Å²) in [5.74, 6) is 0.828. The molecule has 0 spiro atoms. The minimum atomic E-state index is 0.732. The molecular formula is C23H26N4O. The van der Waals surface area contributed by atoms with Crippen molar-refractivity contribution in [2.24, 2.45) is 5.10 Å². The third-order valence-electron chi connectivity index (χ3n) is 5.01. The quantitative estimate of drug-likeness (QED) is 0.600. The highest BCUT2D eigenvalue weighted by Crippen LogP contribution is 2.25. The van der Waals surface area contributed by atoms with E-state index in [9.17, 15) is 0 Å². The molecule has 3 aromatic rings. The third kappa shape index (κ3) is 4.42. The maximum Gasteiger partial charge on any atom is 0.119 e. The lowest BCUT2D eigenvalue weighted by molar-refractivity contribution is 0.240. The second kappa shape index (κ2) is 8.74. The first-order chi connectivity index (χ1) is 13.8. The molecule has 1 fully saturated rings. The summed E-state index contributed by atoms with van der Waals surface area (Å²) in [5, 5.41) is 11.8. The van der Waals surface area contributed by atoms with Gasteiger partial charge >= 0.3 is 0 Å². The molecule has 0 amide bonds. The molecule has 1 saturated heterocycles. The minimum Gasteiger partial charge on any atom is -0.497 e. The Hall–Kier alpha value is -3.08. The number of ether oxygens (including phenoxy) is 1. The zero-order valence-corrected chi connectivity index (χ0v) is 16.3. The second-order valence-electron chi connectivity index (χ2n) is 7.11. The SMILES string of the molecule is COc1cccc(-c2nn(Cc3ccccc3)cc2/C=N\N2CCCCC2)c1. The van der Waals surface area contributed by atoms with Crippen molar-refractivity contribution in [3.05, 3.63) is 71.9 Å². The first kappa shape index (κ1) is 18.3. The van der Waals surface area contributed by atoms with Crippen molar-refractivity contribution in [1.29, 1.82) is 0 Å². The molecule has 1 aliphatic heterocycles. The van der Waals surface area contributed by atoms with E-state index in [0.29, 0.717) is 0 Å². The predicted molar refractivity (Wildman–Crippen MR) is 113 cm³/mol. The Kier molecular flexibility index (Phi) is 5.71. The number of hydrazone groups is 1. The number of aromatic nitrogens is 2. The summed E-state index contributed by atoms with van der Waals surface area (Å²) in [7, 11) is 1.69. The average Bonchev–Trinajstić information content (AvgIpc) is 3.16. The van der Waals surface area contributed by atoms with Crippen LogP contribution >= 0.6 is 0 Å². The van der Waals surface area contributed by atoms with Gasteiger partial charge in [0.25, 0.3) is 0 Å². The second-order valence-corrected chi connectivity index (χ2v) is 7.11. The van der Waals surface area contributed by atoms with Gasteiger partial charge in [-0.05, 0) is 37.0 Å². The summed E-state index contributed by atoms with van der Waals surface area (Å²) in [5.41, 5.74) is 4.21. The van der Waals surface area contributed by atoms with Gasteiger partial charge in [-0.2, -0.15) is 10.2 Å². The molecule has 2 aromatic carbocycles. The van der Waals surface area contributed by atoms with Crippen molar-refractivity contribution in [3.8, 4) is 17.0 Å². The van der Waals surface area contributed by atoms with Crippen molar-refractivity contribution < 1.29 is 4.74 Å². The average molecular weight is 374 g/mol. The largest absolute Gasteiger partial charge is 0.497 e. The highest BCUT2D eigenvalue weighted by Gasteiger charge is 2.13. The smallest absolute Gasteiger partial charge is 0.119 e. The van der Waals surface area contributed by atoms with Crippen LogP contribution in [0.3, 0.4) is 0 Å². The Bertz CT molecular complexity index is 927. The van der Waals surface area contributed by atoms with Crippen LogP contribution in [0.4, 0.5) is 0 Å². The molecule has 0 N–H and O–H groups in total. The van der Waals surface area contributed by atoms with E-state index in [1.54, 1.807) is 7.11 Å². The Morgan fingerprint density at radius 1 is 1.04 bits per heavy atom. The van der Waals surface area contributed by atoms with Gasteiger partial charge in [-0.15, -0.1) is 0 Å². The first-order valence-electron chi connectivity index (χ1n) is 9.86. The molecule has 1 aliphatic rings. The molecule has 0 atom stereocenters. The molecule has 1 aromatic heterocycles. The Balaban J connectivity index is 1.66. The Labute approximate surface area is 166 Å². The zero-order valence-electron chi connectivity index (χ0n) is 16.3. The van der Waals surface area contributed by atoms with Gasteiger partial charge in [0.1, 0.15) is 11.4 Å². The van der Waals surface area contributed by atoms with Gasteiger partial charge in [0.2, 0.25) is 0 Å². The summed E-state index contributed by atoms with van der Waals surface area (Å²) in [6.45, 7) is 2.79. The van der Waals surface area contributed by atoms with Gasteiger partial charge in [0.05, 0.1) is 19.9 Å². The fraction of sp³-hybridized carbons (Fsp3) is 0.304. The van der Waals surface area contributed by atoms with Gasteiger partial charge < -0.3 is 4.74 Å². The molecule has 0 unspecified atom stereocenters. The van der Waals surface area contributed by atoms with Gasteiger partial charge in [-0.1, -0.05) is 42.5 Å². The van der Waals surface area contributed by atoms with E-state index >= 15 is 0 Å². The van der Waals surface area contributed by atoms with Crippen LogP contribution in [0, 0.1) is 0 Å². The lowest BCUT2D eigenvalue weighted by Crippen LogP contribution is -2.24. The van der Waals surface area contributed by atoms with Crippen LogP contribution in [0.2, 0.25) is 0 Å². The molecule has 0 radical (unpaired) electrons. The number of methoxy groups -OCH3 is 1. The molecule has 0 bridgehead atoms. The van der Waals surface area contributed by atoms with Gasteiger partial charge in [-0.25, -0.2) is 0 Å². The van der Waals surface area contributed by atoms with Crippen LogP contribution in [0.5, 0.6) is 5.75 Å². The monoisotopic (exact) mass is 374 g/mol. The molecule has 5 heteroatoms. The van der Waals surface area contributed by atoms with Crippen LogP contribution in [0.25, 0.3) is 11.3 Å². The van der Waals surface area contributed by atoms with Crippen molar-refractivity contribution in [2.45, 2.75) is 25.8 Å². The maximum atomic E-state index is 5.40. The van der Waals surface area contributed by atoms with Crippen molar-refractivity contribution in [2.75, 3.05) is 20.2 Å². The highest BCUT2D eigenvalue weighted by molar-refractivity contribution is 5.88. The van der Waals surface area contributed by atoms with E-state index in [-0.39, 0.29) is 0 Å². The van der Waals surface area contributed by atoms with Crippen LogP contribution in [-0.4, -0.2) is 41.2 Å². The van der Waals surface area contributed by atoms with Gasteiger partial charge in [0.15, 0.2) is 0 Å². The van der Waals surface area contributed by atoms with E-state index < -0.39 is 0 Å². The summed E-state index contributed by atoms with van der Waals surface area (Å²) < 4.78 is 7.39. The molecule has 0 aliphatic carbocycles. The fourth-order valence-electron chi connectivity index (χ4n) is 3.51. The van der Waals surface area contributed by atoms with Gasteiger partial charge in [-0.3, -0.25) is 9.69 Å². The minimum absolute atomic E-state index is 0.732. The Morgan fingerprint density at radius 2 is 1.86 bits per heavy atom. The third-order valence-corrected chi connectivity index (χ3v) is 5.01. The standard InChI is InChI=1S/C23H26N4O/c1-28-22-12-8-11-20(15-22)23-21(16-24-26-13-6-3-7-14-26)18-27(25-23)17-19-9-4-2-5-10-19/h2,4-5,8-12,15-16,18H,3,6-7,13-14,17H2,1H3/b24-16-. The Morgan fingerprint density at radius 3 is 2.64 bits per heavy atom. The fourth-order valence-corrected chi connectivity index (χ4v) is 3.51. The number of nitrogens with zero attached hydrogens (tertiary/aromatic N) is 4. The number of hydrogen-bond donors (Lipinski definition) is 0. The topological polar surface area (TPSA) is 42.6 Å². The first-order valence-corrected chi connectivity index (χ1v) is 9.86. The van der Waals surface area contributed by atoms with Crippen molar-refractivity contribution >= 4 is 6.21 Å². The van der Waals surface area contributed by atoms with Crippen molar-refractivity contribution in [3.63, 3.8) is 0 Å². The van der Waals surface area contributed by atoms with Gasteiger partial charge in [0, 0.05) is 30.4 Å². The number of hydrogen-bond acceptors (Lipinski definition) is 4. The van der Waals surface area contributed by atoms with E-state index in [1.807, 2.05) is 35.2 Å². The van der Waals surface area contributed by atoms with Crippen LogP contribution in [0.1, 0.15) is 30.4 Å². The van der Waals surface area contributed by atoms with E-state index in [1.165, 1.54) is 24.8 Å².